The second-order valence-electron chi connectivity index (χ2n) is 19.6. The number of benzene rings is 4. The van der Waals surface area contributed by atoms with Gasteiger partial charge in [-0.2, -0.15) is 9.59 Å². The molecule has 11 N–H and O–H groups in total. The van der Waals surface area contributed by atoms with Gasteiger partial charge < -0.3 is 53.4 Å². The van der Waals surface area contributed by atoms with Crippen molar-refractivity contribution >= 4 is 81.2 Å². The van der Waals surface area contributed by atoms with Crippen LogP contribution >= 0.6 is 0 Å². The van der Waals surface area contributed by atoms with Gasteiger partial charge in [0.25, 0.3) is 17.7 Å². The van der Waals surface area contributed by atoms with E-state index in [0.717, 1.165) is 85.7 Å². The lowest BCUT2D eigenvalue weighted by atomic mass is 10.2. The van der Waals surface area contributed by atoms with Crippen molar-refractivity contribution in [2.24, 2.45) is 5.73 Å². The number of amides is 3. The first-order chi connectivity index (χ1) is 41.7. The molecule has 6 aromatic heterocycles. The van der Waals surface area contributed by atoms with Gasteiger partial charge in [0.2, 0.25) is 11.9 Å². The zero-order valence-corrected chi connectivity index (χ0v) is 47.9. The number of likely N-dealkylation sites (N-methyl/N-ethyl adjacent to an activating group) is 1. The van der Waals surface area contributed by atoms with Crippen LogP contribution in [0.25, 0.3) is 34.1 Å². The molecular weight excluding hydrogens is 1090 g/mol. The Morgan fingerprint density at radius 3 is 1.57 bits per heavy atom. The number of nitrogen functional groups attached to an aromatic ring is 2. The second-order valence-corrected chi connectivity index (χ2v) is 19.6. The summed E-state index contributed by atoms with van der Waals surface area (Å²) < 4.78 is 9.04. The van der Waals surface area contributed by atoms with Gasteiger partial charge in [0.15, 0.2) is 0 Å². The van der Waals surface area contributed by atoms with Crippen LogP contribution < -0.4 is 43.8 Å². The SMILES string of the molecule is Cc1nc2ccc(C(=O)NCCN(C)C)cn2c1-c1ccnc(Nc2ccc(C(=O)Nc3ccccc3N)cc2)n1.Cc1nc2ccccn2c1-c1ccnc(Nc2ccc(C(=O)Nc3ccccc3N)cc2)n1.NCCN1CCOCC1.O=C=O. The number of morpholine rings is 1. The average molecular weight is 1160 g/mol. The first-order valence-electron chi connectivity index (χ1n) is 27.3. The summed E-state index contributed by atoms with van der Waals surface area (Å²) in [5, 5.41) is 15.0. The number of hydrogen-bond donors (Lipinski definition) is 8. The van der Waals surface area contributed by atoms with E-state index in [2.05, 4.69) is 56.4 Å². The fraction of sp³-hybridized carbons (Fsp3) is 0.194. The third kappa shape index (κ3) is 16.5. The van der Waals surface area contributed by atoms with E-state index in [0.29, 0.717) is 74.9 Å². The molecule has 1 fully saturated rings. The number of nitrogens with one attached hydrogen (secondary N) is 5. The van der Waals surface area contributed by atoms with Crippen LogP contribution in [0, 0.1) is 13.8 Å². The van der Waals surface area contributed by atoms with Crippen LogP contribution in [0.15, 0.2) is 164 Å². The Labute approximate surface area is 495 Å². The minimum absolute atomic E-state index is 0.152. The van der Waals surface area contributed by atoms with Gasteiger partial charge in [-0.15, -0.1) is 0 Å². The fourth-order valence-electron chi connectivity index (χ4n) is 8.91. The lowest BCUT2D eigenvalue weighted by Crippen LogP contribution is -2.39. The van der Waals surface area contributed by atoms with Crippen molar-refractivity contribution < 1.29 is 28.7 Å². The summed E-state index contributed by atoms with van der Waals surface area (Å²) in [5.74, 6) is 0.179. The highest BCUT2D eigenvalue weighted by Gasteiger charge is 2.18. The van der Waals surface area contributed by atoms with Crippen molar-refractivity contribution in [2.75, 3.05) is 99.3 Å². The predicted octanol–water partition coefficient (Wildman–Crippen LogP) is 7.34. The molecule has 86 heavy (non-hydrogen) atoms. The highest BCUT2D eigenvalue weighted by Crippen LogP contribution is 2.28. The van der Waals surface area contributed by atoms with Crippen LogP contribution in [0.1, 0.15) is 42.5 Å². The normalized spacial score (nSPS) is 11.8. The minimum Gasteiger partial charge on any atom is -0.397 e. The molecule has 440 valence electrons. The number of nitrogens with zero attached hydrogens (tertiary/aromatic N) is 10. The molecule has 7 heterocycles. The van der Waals surface area contributed by atoms with Gasteiger partial charge in [0.1, 0.15) is 11.3 Å². The first-order valence-corrected chi connectivity index (χ1v) is 27.3. The summed E-state index contributed by atoms with van der Waals surface area (Å²) in [7, 11) is 3.92. The summed E-state index contributed by atoms with van der Waals surface area (Å²) in [6.45, 7) is 10.8. The summed E-state index contributed by atoms with van der Waals surface area (Å²) in [6, 6.07) is 41.4. The Hall–Kier alpha value is -10.8. The second kappa shape index (κ2) is 30.0. The van der Waals surface area contributed by atoms with E-state index in [1.807, 2.05) is 102 Å². The number of rotatable bonds is 16. The topological polar surface area (TPSA) is 325 Å². The summed E-state index contributed by atoms with van der Waals surface area (Å²) >= 11 is 0. The van der Waals surface area contributed by atoms with Crippen LogP contribution in [0.4, 0.5) is 46.0 Å². The van der Waals surface area contributed by atoms with E-state index in [1.54, 1.807) is 104 Å². The zero-order valence-electron chi connectivity index (χ0n) is 47.9. The maximum absolute atomic E-state index is 12.7. The summed E-state index contributed by atoms with van der Waals surface area (Å²) in [5.41, 5.74) is 28.7. The van der Waals surface area contributed by atoms with E-state index >= 15 is 0 Å². The lowest BCUT2D eigenvalue weighted by Gasteiger charge is -2.25. The van der Waals surface area contributed by atoms with Crippen molar-refractivity contribution in [3.05, 3.63) is 192 Å². The molecule has 24 nitrogen and oxygen atoms in total. The molecule has 0 unspecified atom stereocenters. The number of imidazole rings is 2. The fourth-order valence-corrected chi connectivity index (χ4v) is 8.91. The number of aromatic nitrogens is 8. The van der Waals surface area contributed by atoms with Crippen molar-refractivity contribution in [3.8, 4) is 22.8 Å². The molecule has 3 amide bonds. The van der Waals surface area contributed by atoms with Crippen molar-refractivity contribution in [1.29, 1.82) is 0 Å². The molecule has 0 radical (unpaired) electrons. The van der Waals surface area contributed by atoms with E-state index < -0.39 is 0 Å². The number of ether oxygens (including phenoxy) is 1. The van der Waals surface area contributed by atoms with Gasteiger partial charge in [-0.1, -0.05) is 30.3 Å². The van der Waals surface area contributed by atoms with Gasteiger partial charge in [-0.05, 0) is 137 Å². The van der Waals surface area contributed by atoms with E-state index in [-0.39, 0.29) is 23.9 Å². The number of carbonyl (C=O) groups is 3. The Bertz CT molecular complexity index is 3950. The standard InChI is InChI=1S/C30H31N9O2.C25H21N7O.C6H14N2O.CO2/c1-19-27(39-18-21(10-13-26(39)34-19)28(40)32-16-17-38(2)3)25-14-15-33-30(37-25)35-22-11-8-20(9-12-22)29(41)36-24-7-5-4-6-23(24)31;1-16-23(32-15-5-4-8-22(32)28-16)21-13-14-27-25(31-21)29-18-11-9-17(10-12-18)24(33)30-20-7-3-2-6-19(20)26;7-1-2-8-3-5-9-6-4-8;2-1-3/h4-15,18H,16-17,31H2,1-3H3,(H,32,40)(H,36,41)(H,33,35,37);2-15H,26H2,1H3,(H,30,33)(H,27,29,31);1-7H2;. The molecule has 0 saturated carbocycles. The molecule has 0 bridgehead atoms. The molecule has 4 aromatic carbocycles. The number of anilines is 8. The van der Waals surface area contributed by atoms with Crippen LogP contribution in [0.3, 0.4) is 0 Å². The van der Waals surface area contributed by atoms with Gasteiger partial charge in [0.05, 0.1) is 75.7 Å². The number of nitrogens with two attached hydrogens (primary N) is 3. The molecule has 1 aliphatic heterocycles. The molecule has 10 aromatic rings. The van der Waals surface area contributed by atoms with Crippen molar-refractivity contribution in [3.63, 3.8) is 0 Å². The third-order valence-electron chi connectivity index (χ3n) is 13.2. The highest BCUT2D eigenvalue weighted by atomic mass is 16.5. The number of fused-ring (bicyclic) bond motifs is 2. The number of para-hydroxylation sites is 4. The van der Waals surface area contributed by atoms with Gasteiger partial charge in [-0.25, -0.2) is 29.9 Å². The van der Waals surface area contributed by atoms with E-state index in [1.165, 1.54) is 0 Å². The molecule has 11 rings (SSSR count). The number of pyridine rings is 2. The Balaban J connectivity index is 0.000000190. The Morgan fingerprint density at radius 2 is 1.07 bits per heavy atom. The maximum atomic E-state index is 12.7. The molecule has 0 aliphatic carbocycles. The van der Waals surface area contributed by atoms with Crippen LogP contribution in [0.5, 0.6) is 0 Å². The number of carbonyl (C=O) groups excluding carboxylic acids is 5. The average Bonchev–Trinajstić information content (AvgIpc) is 1.95. The van der Waals surface area contributed by atoms with Crippen molar-refractivity contribution in [2.45, 2.75) is 13.8 Å². The highest BCUT2D eigenvalue weighted by molar-refractivity contribution is 6.06. The van der Waals surface area contributed by atoms with Gasteiger partial charge in [-0.3, -0.25) is 28.1 Å². The summed E-state index contributed by atoms with van der Waals surface area (Å²) in [6.07, 6.45) is 7.36. The molecular formula is C62H66N18O6. The van der Waals surface area contributed by atoms with E-state index in [9.17, 15) is 14.4 Å². The van der Waals surface area contributed by atoms with Gasteiger partial charge >= 0.3 is 6.15 Å². The predicted molar refractivity (Wildman–Crippen MR) is 331 cm³/mol. The maximum Gasteiger partial charge on any atom is 0.373 e. The van der Waals surface area contributed by atoms with Crippen LogP contribution in [-0.2, 0) is 14.3 Å². The van der Waals surface area contributed by atoms with Crippen molar-refractivity contribution in [1.82, 2.24) is 53.8 Å². The Kier molecular flexibility index (Phi) is 21.4. The molecule has 0 atom stereocenters. The molecule has 1 saturated heterocycles. The molecule has 24 heteroatoms. The van der Waals surface area contributed by atoms with Gasteiger partial charge in [0, 0.05) is 86.6 Å². The van der Waals surface area contributed by atoms with Crippen LogP contribution in [0.2, 0.25) is 0 Å². The van der Waals surface area contributed by atoms with Crippen LogP contribution in [-0.4, -0.2) is 139 Å². The van der Waals surface area contributed by atoms with E-state index in [4.69, 9.17) is 36.5 Å². The smallest absolute Gasteiger partial charge is 0.373 e. The first kappa shape index (κ1) is 61.3. The minimum atomic E-state index is -0.262. The monoisotopic (exact) mass is 1160 g/mol. The Morgan fingerprint density at radius 1 is 0.593 bits per heavy atom. The lowest BCUT2D eigenvalue weighted by molar-refractivity contribution is -0.191. The largest absolute Gasteiger partial charge is 0.397 e. The number of aryl methyl sites for hydroxylation is 2. The number of hydrogen-bond acceptors (Lipinski definition) is 19. The molecule has 0 spiro atoms. The third-order valence-corrected chi connectivity index (χ3v) is 13.2. The summed E-state index contributed by atoms with van der Waals surface area (Å²) in [4.78, 5) is 85.8. The quantitative estimate of drug-likeness (QED) is 0.0439. The zero-order chi connectivity index (χ0) is 61.0. The molecule has 1 aliphatic rings.